The van der Waals surface area contributed by atoms with Gasteiger partial charge in [0, 0.05) is 24.1 Å². The van der Waals surface area contributed by atoms with Gasteiger partial charge in [0.25, 0.3) is 5.91 Å². The summed E-state index contributed by atoms with van der Waals surface area (Å²) >= 11 is 6.06. The molecule has 0 spiro atoms. The van der Waals surface area contributed by atoms with E-state index < -0.39 is 18.0 Å². The summed E-state index contributed by atoms with van der Waals surface area (Å²) in [6.07, 6.45) is 2.77. The van der Waals surface area contributed by atoms with E-state index in [2.05, 4.69) is 5.32 Å². The van der Waals surface area contributed by atoms with Crippen LogP contribution in [-0.4, -0.2) is 31.2 Å². The summed E-state index contributed by atoms with van der Waals surface area (Å²) < 4.78 is 16.4. The van der Waals surface area contributed by atoms with E-state index >= 15 is 0 Å². The van der Waals surface area contributed by atoms with E-state index in [1.54, 1.807) is 24.3 Å². The number of fused-ring (bicyclic) bond motifs is 1. The Balaban J connectivity index is 1.51. The van der Waals surface area contributed by atoms with Gasteiger partial charge < -0.3 is 19.5 Å². The van der Waals surface area contributed by atoms with Gasteiger partial charge in [-0.05, 0) is 42.3 Å². The Morgan fingerprint density at radius 2 is 1.93 bits per heavy atom. The molecule has 0 fully saturated rings. The lowest BCUT2D eigenvalue weighted by Crippen LogP contribution is -2.35. The van der Waals surface area contributed by atoms with Crippen molar-refractivity contribution in [2.24, 2.45) is 0 Å². The van der Waals surface area contributed by atoms with Crippen molar-refractivity contribution in [3.63, 3.8) is 0 Å². The number of hydrogen-bond donors (Lipinski definition) is 1. The number of carbonyl (C=O) groups excluding carboxylic acids is 2. The predicted molar refractivity (Wildman–Crippen MR) is 110 cm³/mol. The largest absolute Gasteiger partial charge is 0.490 e. The first-order valence-electron chi connectivity index (χ1n) is 9.32. The minimum absolute atomic E-state index is 0.257. The van der Waals surface area contributed by atoms with Crippen LogP contribution in [0.15, 0.2) is 48.5 Å². The highest BCUT2D eigenvalue weighted by molar-refractivity contribution is 6.31. The minimum atomic E-state index is -0.932. The fraction of sp³-hybridized carbons (Fsp3) is 0.273. The standard InChI is InChI=1S/C22H22ClNO5/c1-15(22(26)24-14-17-5-2-3-6-18(17)23)29-21(25)10-8-16-7-9-19-20(13-16)28-12-4-11-27-19/h2-3,5-10,13,15H,4,11-12,14H2,1H3,(H,24,26)/b10-8+/t15-/m0/s1. The molecule has 1 aliphatic rings. The van der Waals surface area contributed by atoms with Crippen LogP contribution in [0.1, 0.15) is 24.5 Å². The van der Waals surface area contributed by atoms with Crippen LogP contribution in [0.3, 0.4) is 0 Å². The number of ether oxygens (including phenoxy) is 3. The molecule has 2 aromatic rings. The molecule has 0 radical (unpaired) electrons. The van der Waals surface area contributed by atoms with Crippen molar-refractivity contribution in [2.75, 3.05) is 13.2 Å². The predicted octanol–water partition coefficient (Wildman–Crippen LogP) is 3.76. The van der Waals surface area contributed by atoms with E-state index in [0.29, 0.717) is 29.7 Å². The molecular weight excluding hydrogens is 394 g/mol. The third-order valence-electron chi connectivity index (χ3n) is 4.26. The first-order valence-corrected chi connectivity index (χ1v) is 9.70. The summed E-state index contributed by atoms with van der Waals surface area (Å²) in [5.74, 6) is 0.316. The van der Waals surface area contributed by atoms with Crippen LogP contribution in [0, 0.1) is 0 Å². The summed E-state index contributed by atoms with van der Waals surface area (Å²) in [7, 11) is 0. The average molecular weight is 416 g/mol. The fourth-order valence-corrected chi connectivity index (χ4v) is 2.89. The molecular formula is C22H22ClNO5. The van der Waals surface area contributed by atoms with Crippen LogP contribution < -0.4 is 14.8 Å². The van der Waals surface area contributed by atoms with Gasteiger partial charge >= 0.3 is 5.97 Å². The number of esters is 1. The summed E-state index contributed by atoms with van der Waals surface area (Å²) in [4.78, 5) is 24.2. The van der Waals surface area contributed by atoms with Crippen molar-refractivity contribution in [1.82, 2.24) is 5.32 Å². The van der Waals surface area contributed by atoms with Crippen LogP contribution >= 0.6 is 11.6 Å². The lowest BCUT2D eigenvalue weighted by Gasteiger charge is -2.13. The van der Waals surface area contributed by atoms with E-state index in [0.717, 1.165) is 17.5 Å². The number of hydrogen-bond acceptors (Lipinski definition) is 5. The van der Waals surface area contributed by atoms with Crippen LogP contribution in [-0.2, 0) is 20.9 Å². The molecule has 1 aliphatic heterocycles. The molecule has 0 saturated heterocycles. The second-order valence-corrected chi connectivity index (χ2v) is 6.89. The molecule has 0 unspecified atom stereocenters. The quantitative estimate of drug-likeness (QED) is 0.574. The Labute approximate surface area is 174 Å². The Morgan fingerprint density at radius 1 is 1.17 bits per heavy atom. The Morgan fingerprint density at radius 3 is 2.72 bits per heavy atom. The third-order valence-corrected chi connectivity index (χ3v) is 4.63. The number of amides is 1. The number of nitrogens with one attached hydrogen (secondary N) is 1. The summed E-state index contributed by atoms with van der Waals surface area (Å²) in [5, 5.41) is 3.27. The molecule has 29 heavy (non-hydrogen) atoms. The average Bonchev–Trinajstić information content (AvgIpc) is 2.96. The highest BCUT2D eigenvalue weighted by Gasteiger charge is 2.16. The van der Waals surface area contributed by atoms with Gasteiger partial charge in [0.2, 0.25) is 0 Å². The van der Waals surface area contributed by atoms with Crippen LogP contribution in [0.5, 0.6) is 11.5 Å². The van der Waals surface area contributed by atoms with Crippen molar-refractivity contribution >= 4 is 29.6 Å². The molecule has 3 rings (SSSR count). The van der Waals surface area contributed by atoms with E-state index in [1.165, 1.54) is 13.0 Å². The topological polar surface area (TPSA) is 73.9 Å². The molecule has 0 saturated carbocycles. The van der Waals surface area contributed by atoms with Gasteiger partial charge in [-0.2, -0.15) is 0 Å². The van der Waals surface area contributed by atoms with Gasteiger partial charge in [0.1, 0.15) is 0 Å². The number of benzene rings is 2. The molecule has 1 amide bonds. The normalized spacial score (nSPS) is 14.1. The number of rotatable bonds is 6. The molecule has 152 valence electrons. The van der Waals surface area contributed by atoms with Crippen LogP contribution in [0.2, 0.25) is 5.02 Å². The number of halogens is 1. The monoisotopic (exact) mass is 415 g/mol. The van der Waals surface area contributed by atoms with Gasteiger partial charge in [0.15, 0.2) is 17.6 Å². The second kappa shape index (κ2) is 9.98. The molecule has 7 heteroatoms. The second-order valence-electron chi connectivity index (χ2n) is 6.48. The Kier molecular flexibility index (Phi) is 7.14. The van der Waals surface area contributed by atoms with Crippen molar-refractivity contribution in [3.8, 4) is 11.5 Å². The Hall–Kier alpha value is -2.99. The van der Waals surface area contributed by atoms with Crippen molar-refractivity contribution < 1.29 is 23.8 Å². The Bertz CT molecular complexity index is 912. The molecule has 6 nitrogen and oxygen atoms in total. The van der Waals surface area contributed by atoms with Crippen molar-refractivity contribution in [3.05, 3.63) is 64.7 Å². The zero-order valence-electron chi connectivity index (χ0n) is 16.0. The maximum Gasteiger partial charge on any atom is 0.331 e. The lowest BCUT2D eigenvalue weighted by molar-refractivity contribution is -0.150. The SMILES string of the molecule is C[C@H](OC(=O)/C=C/c1ccc2c(c1)OCCCO2)C(=O)NCc1ccccc1Cl. The van der Waals surface area contributed by atoms with Crippen LogP contribution in [0.25, 0.3) is 6.08 Å². The number of carbonyl (C=O) groups is 2. The van der Waals surface area contributed by atoms with Gasteiger partial charge in [-0.25, -0.2) is 4.79 Å². The molecule has 0 aliphatic carbocycles. The molecule has 2 aromatic carbocycles. The summed E-state index contributed by atoms with van der Waals surface area (Å²) in [6, 6.07) is 12.6. The van der Waals surface area contributed by atoms with Gasteiger partial charge in [0.05, 0.1) is 13.2 Å². The molecule has 1 atom stereocenters. The summed E-state index contributed by atoms with van der Waals surface area (Å²) in [5.41, 5.74) is 1.55. The smallest absolute Gasteiger partial charge is 0.331 e. The van der Waals surface area contributed by atoms with E-state index in [9.17, 15) is 9.59 Å². The van der Waals surface area contributed by atoms with Gasteiger partial charge in [-0.3, -0.25) is 4.79 Å². The maximum atomic E-state index is 12.1. The fourth-order valence-electron chi connectivity index (χ4n) is 2.68. The highest BCUT2D eigenvalue weighted by atomic mass is 35.5. The minimum Gasteiger partial charge on any atom is -0.490 e. The molecule has 0 bridgehead atoms. The van der Waals surface area contributed by atoms with E-state index in [4.69, 9.17) is 25.8 Å². The molecule has 1 N–H and O–H groups in total. The zero-order valence-corrected chi connectivity index (χ0v) is 16.8. The highest BCUT2D eigenvalue weighted by Crippen LogP contribution is 2.30. The first kappa shape index (κ1) is 20.7. The van der Waals surface area contributed by atoms with E-state index in [-0.39, 0.29) is 6.54 Å². The lowest BCUT2D eigenvalue weighted by atomic mass is 10.2. The van der Waals surface area contributed by atoms with Crippen molar-refractivity contribution in [1.29, 1.82) is 0 Å². The third kappa shape index (κ3) is 5.99. The van der Waals surface area contributed by atoms with Gasteiger partial charge in [-0.1, -0.05) is 35.9 Å². The maximum absolute atomic E-state index is 12.1. The summed E-state index contributed by atoms with van der Waals surface area (Å²) in [6.45, 7) is 2.97. The van der Waals surface area contributed by atoms with Crippen LogP contribution in [0.4, 0.5) is 0 Å². The first-order chi connectivity index (χ1) is 14.0. The zero-order chi connectivity index (χ0) is 20.6. The van der Waals surface area contributed by atoms with Gasteiger partial charge in [-0.15, -0.1) is 0 Å². The molecule has 0 aromatic heterocycles. The van der Waals surface area contributed by atoms with Crippen molar-refractivity contribution in [2.45, 2.75) is 26.0 Å². The van der Waals surface area contributed by atoms with E-state index in [1.807, 2.05) is 24.3 Å². The molecule has 1 heterocycles.